The molecule has 50 heavy (non-hydrogen) atoms. The van der Waals surface area contributed by atoms with Gasteiger partial charge in [-0.15, -0.1) is 0 Å². The zero-order valence-corrected chi connectivity index (χ0v) is 28.8. The number of ketones is 1. The molecule has 3 aromatic carbocycles. The Morgan fingerprint density at radius 2 is 1.48 bits per heavy atom. The molecule has 0 bridgehead atoms. The summed E-state index contributed by atoms with van der Waals surface area (Å²) in [6.07, 6.45) is -1.92. The van der Waals surface area contributed by atoms with Crippen molar-refractivity contribution < 1.29 is 27.2 Å². The highest BCUT2D eigenvalue weighted by Crippen LogP contribution is 2.31. The third kappa shape index (κ3) is 10.6. The molecular weight excluding hydrogens is 650 g/mol. The van der Waals surface area contributed by atoms with Gasteiger partial charge in [-0.25, -0.2) is 9.07 Å². The van der Waals surface area contributed by atoms with E-state index in [1.807, 2.05) is 36.2 Å². The number of benzene rings is 3. The Balaban J connectivity index is 0.00000133. The van der Waals surface area contributed by atoms with Gasteiger partial charge in [0.05, 0.1) is 5.56 Å². The van der Waals surface area contributed by atoms with Gasteiger partial charge in [-0.3, -0.25) is 9.59 Å². The van der Waals surface area contributed by atoms with E-state index in [1.165, 1.54) is 36.7 Å². The molecule has 1 amide bonds. The van der Waals surface area contributed by atoms with E-state index in [9.17, 15) is 31.9 Å². The number of halogens is 4. The first kappa shape index (κ1) is 38.1. The Morgan fingerprint density at radius 3 is 2.04 bits per heavy atom. The summed E-state index contributed by atoms with van der Waals surface area (Å²) in [7, 11) is 2.05. The zero-order valence-electron chi connectivity index (χ0n) is 28.8. The topological polar surface area (TPSA) is 88.4 Å². The summed E-state index contributed by atoms with van der Waals surface area (Å²) in [4.78, 5) is 44.4. The fourth-order valence-electron chi connectivity index (χ4n) is 5.76. The normalized spacial score (nSPS) is 13.8. The molecule has 0 atom stereocenters. The van der Waals surface area contributed by atoms with Gasteiger partial charge < -0.3 is 14.6 Å². The van der Waals surface area contributed by atoms with Gasteiger partial charge in [0, 0.05) is 19.0 Å². The number of hydrogen-bond donors (Lipinski definition) is 0. The molecule has 2 heterocycles. The fourth-order valence-corrected chi connectivity index (χ4v) is 5.76. The maximum atomic E-state index is 14.3. The third-order valence-electron chi connectivity index (χ3n) is 8.51. The minimum absolute atomic E-state index is 0.0156. The smallest absolute Gasteiger partial charge is 0.334 e. The maximum absolute atomic E-state index is 14.3. The average Bonchev–Trinajstić information content (AvgIpc) is 3.08. The first-order chi connectivity index (χ1) is 23.7. The quantitative estimate of drug-likeness (QED) is 0.176. The fraction of sp³-hybridized carbons (Fsp3) is 0.395. The van der Waals surface area contributed by atoms with Crippen molar-refractivity contribution in [3.05, 3.63) is 117 Å². The van der Waals surface area contributed by atoms with Crippen molar-refractivity contribution in [1.29, 1.82) is 0 Å². The minimum atomic E-state index is -4.40. The van der Waals surface area contributed by atoms with E-state index in [1.54, 1.807) is 25.1 Å². The van der Waals surface area contributed by atoms with Crippen LogP contribution in [-0.2, 0) is 48.1 Å². The summed E-state index contributed by atoms with van der Waals surface area (Å²) in [5, 5.41) is 4.50. The predicted molar refractivity (Wildman–Crippen MR) is 184 cm³/mol. The number of piperidine rings is 1. The molecule has 12 heteroatoms. The highest BCUT2D eigenvalue weighted by Gasteiger charge is 2.30. The summed E-state index contributed by atoms with van der Waals surface area (Å²) in [5.74, 6) is -0.0278. The standard InChI is InChI=1S/C35H37F4N5O2.C3H6O/c1-3-31-34(46)40-32(17-14-27-6-4-5-7-30(27)36)44(41-31)23-33(45)43(29-18-20-42(2)21-19-29)22-24-8-10-25(11-9-24)26-12-15-28(16-13-26)35(37,38)39;1-3(2)4/h4-13,15-16,29H,3,14,17-23H2,1-2H3;1-2H3. The van der Waals surface area contributed by atoms with Crippen LogP contribution in [0.25, 0.3) is 11.1 Å². The number of aromatic nitrogens is 3. The van der Waals surface area contributed by atoms with Crippen LogP contribution in [0.4, 0.5) is 17.6 Å². The van der Waals surface area contributed by atoms with E-state index >= 15 is 0 Å². The van der Waals surface area contributed by atoms with Crippen LogP contribution in [0.3, 0.4) is 0 Å². The van der Waals surface area contributed by atoms with Crippen molar-refractivity contribution in [2.75, 3.05) is 20.1 Å². The number of likely N-dealkylation sites (tertiary alicyclic amines) is 1. The molecule has 1 aliphatic heterocycles. The van der Waals surface area contributed by atoms with E-state index in [4.69, 9.17) is 0 Å². The molecular formula is C38H43F4N5O3. The number of amides is 1. The van der Waals surface area contributed by atoms with E-state index in [0.29, 0.717) is 36.3 Å². The lowest BCUT2D eigenvalue weighted by molar-refractivity contribution is -0.138. The van der Waals surface area contributed by atoms with Crippen LogP contribution in [-0.4, -0.2) is 62.4 Å². The molecule has 0 spiro atoms. The Kier molecular flexibility index (Phi) is 13.2. The Morgan fingerprint density at radius 1 is 0.900 bits per heavy atom. The summed E-state index contributed by atoms with van der Waals surface area (Å²) in [6.45, 7) is 6.75. The minimum Gasteiger partial charge on any atom is -0.334 e. The molecule has 1 fully saturated rings. The highest BCUT2D eigenvalue weighted by molar-refractivity contribution is 5.76. The second kappa shape index (κ2) is 17.3. The van der Waals surface area contributed by atoms with Gasteiger partial charge in [-0.2, -0.15) is 23.3 Å². The number of Topliss-reactive ketones (excluding diaryl/α,β-unsaturated/α-hetero) is 1. The number of carbonyl (C=O) groups excluding carboxylic acids is 2. The van der Waals surface area contributed by atoms with Gasteiger partial charge >= 0.3 is 6.18 Å². The number of carbonyl (C=O) groups is 2. The maximum Gasteiger partial charge on any atom is 0.416 e. The Bertz CT molecular complexity index is 1800. The van der Waals surface area contributed by atoms with E-state index in [2.05, 4.69) is 15.0 Å². The molecule has 0 aliphatic carbocycles. The lowest BCUT2D eigenvalue weighted by Crippen LogP contribution is -2.47. The number of hydrogen-bond acceptors (Lipinski definition) is 6. The summed E-state index contributed by atoms with van der Waals surface area (Å²) < 4.78 is 54.8. The van der Waals surface area contributed by atoms with E-state index in [0.717, 1.165) is 49.2 Å². The van der Waals surface area contributed by atoms with Gasteiger partial charge in [-0.05, 0) is 100 Å². The van der Waals surface area contributed by atoms with Crippen LogP contribution in [0.5, 0.6) is 0 Å². The molecule has 0 saturated carbocycles. The van der Waals surface area contributed by atoms with Crippen LogP contribution < -0.4 is 5.56 Å². The number of rotatable bonds is 10. The molecule has 4 aromatic rings. The lowest BCUT2D eigenvalue weighted by Gasteiger charge is -2.37. The summed E-state index contributed by atoms with van der Waals surface area (Å²) in [6, 6.07) is 18.9. The zero-order chi connectivity index (χ0) is 36.4. The molecule has 1 aliphatic rings. The Labute approximate surface area is 289 Å². The second-order valence-corrected chi connectivity index (χ2v) is 12.6. The van der Waals surface area contributed by atoms with Crippen molar-refractivity contribution in [1.82, 2.24) is 24.6 Å². The van der Waals surface area contributed by atoms with E-state index in [-0.39, 0.29) is 42.2 Å². The molecule has 0 N–H and O–H groups in total. The summed E-state index contributed by atoms with van der Waals surface area (Å²) >= 11 is 0. The van der Waals surface area contributed by atoms with Gasteiger partial charge in [0.2, 0.25) is 5.91 Å². The van der Waals surface area contributed by atoms with Gasteiger partial charge in [-0.1, -0.05) is 61.5 Å². The first-order valence-corrected chi connectivity index (χ1v) is 16.7. The van der Waals surface area contributed by atoms with E-state index < -0.39 is 17.3 Å². The van der Waals surface area contributed by atoms with Crippen LogP contribution >= 0.6 is 0 Å². The van der Waals surface area contributed by atoms with Crippen molar-refractivity contribution in [3.63, 3.8) is 0 Å². The van der Waals surface area contributed by atoms with Gasteiger partial charge in [0.1, 0.15) is 29.7 Å². The predicted octanol–water partition coefficient (Wildman–Crippen LogP) is 6.53. The van der Waals surface area contributed by atoms with Crippen LogP contribution in [0.15, 0.2) is 77.6 Å². The average molecular weight is 694 g/mol. The highest BCUT2D eigenvalue weighted by atomic mass is 19.4. The molecule has 8 nitrogen and oxygen atoms in total. The van der Waals surface area contributed by atoms with Crippen LogP contribution in [0, 0.1) is 5.82 Å². The molecule has 0 unspecified atom stereocenters. The lowest BCUT2D eigenvalue weighted by atomic mass is 10.0. The number of aryl methyl sites for hydroxylation is 3. The number of alkyl halides is 3. The van der Waals surface area contributed by atoms with Crippen LogP contribution in [0.2, 0.25) is 0 Å². The second-order valence-electron chi connectivity index (χ2n) is 12.6. The molecule has 1 saturated heterocycles. The largest absolute Gasteiger partial charge is 0.416 e. The van der Waals surface area contributed by atoms with Crippen molar-refractivity contribution in [3.8, 4) is 11.1 Å². The van der Waals surface area contributed by atoms with Crippen LogP contribution in [0.1, 0.15) is 61.8 Å². The van der Waals surface area contributed by atoms with Crippen molar-refractivity contribution in [2.45, 2.75) is 78.2 Å². The Hall–Kier alpha value is -4.71. The van der Waals surface area contributed by atoms with Crippen molar-refractivity contribution in [2.24, 2.45) is 0 Å². The molecule has 1 aromatic heterocycles. The van der Waals surface area contributed by atoms with Gasteiger partial charge in [0.15, 0.2) is 0 Å². The summed E-state index contributed by atoms with van der Waals surface area (Å²) in [5.41, 5.74) is 1.90. The number of nitrogens with zero attached hydrogens (tertiary/aromatic N) is 5. The van der Waals surface area contributed by atoms with Crippen molar-refractivity contribution >= 4 is 11.7 Å². The first-order valence-electron chi connectivity index (χ1n) is 16.7. The van der Waals surface area contributed by atoms with Gasteiger partial charge in [0.25, 0.3) is 5.56 Å². The monoisotopic (exact) mass is 693 g/mol. The molecule has 5 rings (SSSR count). The molecule has 266 valence electrons. The molecule has 0 radical (unpaired) electrons. The SMILES string of the molecule is CC(C)=O.CCc1nn(CC(=O)N(Cc2ccc(-c3ccc(C(F)(F)F)cc3)cc2)C2CCN(C)CC2)c(CCc2ccccc2F)nc1=O. The third-order valence-corrected chi connectivity index (χ3v) is 8.51.